The van der Waals surface area contributed by atoms with E-state index in [1.54, 1.807) is 48.0 Å². The summed E-state index contributed by atoms with van der Waals surface area (Å²) in [4.78, 5) is 24.8. The van der Waals surface area contributed by atoms with Gasteiger partial charge in [0.05, 0.1) is 38.4 Å². The SMILES string of the molecule is CCOC(=O)C(C)(C)C(O)/C(C)=C/Cc1c(OC)c(C)c2c(c1OCOCCOC)C(=O)OC2. The van der Waals surface area contributed by atoms with E-state index in [1.807, 2.05) is 6.92 Å². The number of hydrogen-bond donors (Lipinski definition) is 1. The van der Waals surface area contributed by atoms with Gasteiger partial charge in [0.1, 0.15) is 23.7 Å². The van der Waals surface area contributed by atoms with Gasteiger partial charge in [-0.2, -0.15) is 0 Å². The number of aliphatic hydroxyl groups is 1. The Labute approximate surface area is 200 Å². The lowest BCUT2D eigenvalue weighted by Crippen LogP contribution is -2.39. The normalized spacial score (nSPS) is 14.5. The van der Waals surface area contributed by atoms with Crippen LogP contribution >= 0.6 is 0 Å². The Balaban J connectivity index is 2.42. The average molecular weight is 481 g/mol. The smallest absolute Gasteiger partial charge is 0.342 e. The maximum absolute atomic E-state index is 12.5. The number of hydrogen-bond acceptors (Lipinski definition) is 9. The van der Waals surface area contributed by atoms with Gasteiger partial charge in [0.25, 0.3) is 0 Å². The zero-order valence-electron chi connectivity index (χ0n) is 21.1. The summed E-state index contributed by atoms with van der Waals surface area (Å²) in [7, 11) is 3.12. The third-order valence-corrected chi connectivity index (χ3v) is 5.89. The van der Waals surface area contributed by atoms with Gasteiger partial charge in [0, 0.05) is 18.2 Å². The van der Waals surface area contributed by atoms with Crippen LogP contribution in [-0.2, 0) is 36.8 Å². The van der Waals surface area contributed by atoms with Crippen molar-refractivity contribution in [1.29, 1.82) is 0 Å². The maximum Gasteiger partial charge on any atom is 0.342 e. The van der Waals surface area contributed by atoms with E-state index in [0.717, 1.165) is 5.56 Å². The highest BCUT2D eigenvalue weighted by Crippen LogP contribution is 2.43. The molecule has 1 heterocycles. The first-order valence-electron chi connectivity index (χ1n) is 11.2. The molecule has 0 amide bonds. The van der Waals surface area contributed by atoms with Gasteiger partial charge in [0.2, 0.25) is 0 Å². The summed E-state index contributed by atoms with van der Waals surface area (Å²) in [6.45, 7) is 9.59. The Morgan fingerprint density at radius 1 is 1.24 bits per heavy atom. The minimum atomic E-state index is -1.13. The lowest BCUT2D eigenvalue weighted by atomic mass is 9.82. The number of carbonyl (C=O) groups is 2. The molecule has 0 radical (unpaired) electrons. The Morgan fingerprint density at radius 3 is 2.56 bits per heavy atom. The van der Waals surface area contributed by atoms with Gasteiger partial charge in [-0.1, -0.05) is 6.08 Å². The van der Waals surface area contributed by atoms with Crippen molar-refractivity contribution in [3.05, 3.63) is 33.9 Å². The maximum atomic E-state index is 12.5. The standard InChI is InChI=1S/C25H36O9/c1-8-32-24(28)25(4,5)22(26)15(2)9-10-17-20(30-7)16(3)18-13-33-23(27)19(18)21(17)34-14-31-12-11-29-6/h9,22,26H,8,10-14H2,1-7H3/b15-9+. The minimum Gasteiger partial charge on any atom is -0.496 e. The molecule has 34 heavy (non-hydrogen) atoms. The summed E-state index contributed by atoms with van der Waals surface area (Å²) in [5.41, 5.74) is 1.90. The Bertz CT molecular complexity index is 918. The van der Waals surface area contributed by atoms with Crippen molar-refractivity contribution in [2.45, 2.75) is 53.8 Å². The number of allylic oxidation sites excluding steroid dienone is 1. The molecule has 0 aliphatic carbocycles. The van der Waals surface area contributed by atoms with Crippen molar-refractivity contribution < 1.29 is 43.1 Å². The topological polar surface area (TPSA) is 110 Å². The molecular formula is C25H36O9. The predicted octanol–water partition coefficient (Wildman–Crippen LogP) is 3.11. The van der Waals surface area contributed by atoms with E-state index < -0.39 is 23.5 Å². The number of rotatable bonds is 13. The number of cyclic esters (lactones) is 1. The van der Waals surface area contributed by atoms with Crippen molar-refractivity contribution in [2.75, 3.05) is 40.8 Å². The number of benzene rings is 1. The summed E-state index contributed by atoms with van der Waals surface area (Å²) in [5, 5.41) is 10.9. The van der Waals surface area contributed by atoms with Gasteiger partial charge in [-0.15, -0.1) is 0 Å². The summed E-state index contributed by atoms with van der Waals surface area (Å²) in [6, 6.07) is 0. The monoisotopic (exact) mass is 480 g/mol. The fourth-order valence-corrected chi connectivity index (χ4v) is 3.84. The molecule has 2 rings (SSSR count). The minimum absolute atomic E-state index is 0.0937. The highest BCUT2D eigenvalue weighted by Gasteiger charge is 2.38. The van der Waals surface area contributed by atoms with Crippen LogP contribution in [0.3, 0.4) is 0 Å². The molecule has 0 bridgehead atoms. The van der Waals surface area contributed by atoms with Gasteiger partial charge >= 0.3 is 11.9 Å². The van der Waals surface area contributed by atoms with Crippen molar-refractivity contribution in [3.8, 4) is 11.5 Å². The van der Waals surface area contributed by atoms with Gasteiger partial charge in [-0.25, -0.2) is 4.79 Å². The van der Waals surface area contributed by atoms with Gasteiger partial charge in [-0.3, -0.25) is 4.79 Å². The van der Waals surface area contributed by atoms with Crippen molar-refractivity contribution in [3.63, 3.8) is 0 Å². The van der Waals surface area contributed by atoms with Gasteiger partial charge in [-0.05, 0) is 52.2 Å². The number of methoxy groups -OCH3 is 2. The fourth-order valence-electron chi connectivity index (χ4n) is 3.84. The number of carbonyl (C=O) groups excluding carboxylic acids is 2. The van der Waals surface area contributed by atoms with E-state index >= 15 is 0 Å². The second kappa shape index (κ2) is 12.2. The van der Waals surface area contributed by atoms with Crippen LogP contribution in [0.1, 0.15) is 54.7 Å². The van der Waals surface area contributed by atoms with E-state index in [1.165, 1.54) is 0 Å². The van der Waals surface area contributed by atoms with E-state index in [2.05, 4.69) is 0 Å². The molecule has 9 nitrogen and oxygen atoms in total. The second-order valence-corrected chi connectivity index (χ2v) is 8.56. The number of esters is 2. The van der Waals surface area contributed by atoms with Crippen LogP contribution in [0.4, 0.5) is 0 Å². The molecule has 1 aliphatic rings. The molecule has 0 saturated carbocycles. The molecule has 0 fully saturated rings. The van der Waals surface area contributed by atoms with Gasteiger partial charge < -0.3 is 33.5 Å². The zero-order chi connectivity index (χ0) is 25.5. The molecule has 0 spiro atoms. The van der Waals surface area contributed by atoms with Crippen LogP contribution in [0.5, 0.6) is 11.5 Å². The number of ether oxygens (including phenoxy) is 6. The van der Waals surface area contributed by atoms with Crippen molar-refractivity contribution in [2.24, 2.45) is 5.41 Å². The van der Waals surface area contributed by atoms with Crippen LogP contribution < -0.4 is 9.47 Å². The largest absolute Gasteiger partial charge is 0.496 e. The van der Waals surface area contributed by atoms with E-state index in [4.69, 9.17) is 28.4 Å². The molecule has 1 aromatic rings. The molecule has 1 aromatic carbocycles. The quantitative estimate of drug-likeness (QED) is 0.197. The average Bonchev–Trinajstić information content (AvgIpc) is 3.20. The van der Waals surface area contributed by atoms with E-state index in [0.29, 0.717) is 47.0 Å². The Hall–Kier alpha value is -2.62. The van der Waals surface area contributed by atoms with Crippen molar-refractivity contribution in [1.82, 2.24) is 0 Å². The van der Waals surface area contributed by atoms with Crippen LogP contribution in [0.2, 0.25) is 0 Å². The highest BCUT2D eigenvalue weighted by molar-refractivity contribution is 5.98. The molecule has 0 aromatic heterocycles. The highest BCUT2D eigenvalue weighted by atomic mass is 16.7. The zero-order valence-corrected chi connectivity index (χ0v) is 21.1. The van der Waals surface area contributed by atoms with Crippen LogP contribution in [-0.4, -0.2) is 64.0 Å². The first-order valence-corrected chi connectivity index (χ1v) is 11.2. The third kappa shape index (κ3) is 5.89. The molecule has 1 atom stereocenters. The molecule has 0 saturated heterocycles. The van der Waals surface area contributed by atoms with Crippen LogP contribution in [0.25, 0.3) is 0 Å². The first-order chi connectivity index (χ1) is 16.1. The first kappa shape index (κ1) is 27.6. The summed E-state index contributed by atoms with van der Waals surface area (Å²) in [6.07, 6.45) is 0.994. The predicted molar refractivity (Wildman–Crippen MR) is 124 cm³/mol. The molecule has 1 N–H and O–H groups in total. The van der Waals surface area contributed by atoms with Crippen LogP contribution in [0.15, 0.2) is 11.6 Å². The lowest BCUT2D eigenvalue weighted by molar-refractivity contribution is -0.158. The fraction of sp³-hybridized carbons (Fsp3) is 0.600. The number of fused-ring (bicyclic) bond motifs is 1. The Kier molecular flexibility index (Phi) is 9.90. The molecule has 190 valence electrons. The number of aliphatic hydroxyl groups excluding tert-OH is 1. The molecule has 1 aliphatic heterocycles. The Morgan fingerprint density at radius 2 is 1.94 bits per heavy atom. The van der Waals surface area contributed by atoms with Gasteiger partial charge in [0.15, 0.2) is 6.79 Å². The lowest BCUT2D eigenvalue weighted by Gasteiger charge is -2.29. The summed E-state index contributed by atoms with van der Waals surface area (Å²) >= 11 is 0. The van der Waals surface area contributed by atoms with Crippen molar-refractivity contribution >= 4 is 11.9 Å². The second-order valence-electron chi connectivity index (χ2n) is 8.56. The van der Waals surface area contributed by atoms with E-state index in [-0.39, 0.29) is 26.4 Å². The third-order valence-electron chi connectivity index (χ3n) is 5.89. The molecular weight excluding hydrogens is 444 g/mol. The summed E-state index contributed by atoms with van der Waals surface area (Å²) in [5.74, 6) is -0.0769. The molecule has 1 unspecified atom stereocenters. The van der Waals surface area contributed by atoms with Crippen LogP contribution in [0, 0.1) is 12.3 Å². The van der Waals surface area contributed by atoms with E-state index in [9.17, 15) is 14.7 Å². The molecule has 9 heteroatoms. The summed E-state index contributed by atoms with van der Waals surface area (Å²) < 4.78 is 32.4.